The second-order valence-electron chi connectivity index (χ2n) is 20.8. The molecule has 2 amide bonds. The van der Waals surface area contributed by atoms with Gasteiger partial charge in [-0.3, -0.25) is 19.0 Å². The molecule has 8 heterocycles. The second kappa shape index (κ2) is 21.8. The number of rotatable bonds is 9. The summed E-state index contributed by atoms with van der Waals surface area (Å²) in [6.07, 6.45) is 15.2. The Morgan fingerprint density at radius 1 is 0.640 bits per heavy atom. The van der Waals surface area contributed by atoms with E-state index in [0.717, 1.165) is 86.7 Å². The number of likely N-dealkylation sites (tertiary alicyclic amines) is 2. The van der Waals surface area contributed by atoms with E-state index in [1.54, 1.807) is 26.4 Å². The zero-order valence-electron chi connectivity index (χ0n) is 41.9. The van der Waals surface area contributed by atoms with Crippen LogP contribution in [0.5, 0.6) is 0 Å². The number of piperidine rings is 4. The lowest BCUT2D eigenvalue weighted by atomic mass is 9.98. The average Bonchev–Trinajstić information content (AvgIpc) is 4.26. The Hall–Kier alpha value is -4.96. The van der Waals surface area contributed by atoms with Crippen molar-refractivity contribution in [3.63, 3.8) is 0 Å². The summed E-state index contributed by atoms with van der Waals surface area (Å²) in [6.45, 7) is 5.20. The van der Waals surface area contributed by atoms with Gasteiger partial charge in [0.25, 0.3) is 11.8 Å². The van der Waals surface area contributed by atoms with E-state index in [1.165, 1.54) is 75.4 Å². The largest absolute Gasteiger partial charge is 0.353 e. The van der Waals surface area contributed by atoms with Crippen molar-refractivity contribution in [1.29, 1.82) is 0 Å². The van der Waals surface area contributed by atoms with Crippen LogP contribution in [0.3, 0.4) is 0 Å². The molecule has 6 fully saturated rings. The number of anilines is 3. The molecule has 6 aromatic rings. The minimum atomic E-state index is -3.59. The first kappa shape index (κ1) is 53.4. The van der Waals surface area contributed by atoms with E-state index in [0.29, 0.717) is 62.4 Å². The number of hydrogen-bond acceptors (Lipinski definition) is 12. The lowest BCUT2D eigenvalue weighted by Crippen LogP contribution is -2.39. The standard InChI is InChI=1S/C25H28Cl2N6O3S.C20H21Cl2N5O3S.C6H11N/c1-37(35,36)30-19-8-6-16(26)11-18(19)25(34)31-9-3-2-4-21(31)20-12-23-28-22(27)13-24(33(23)29-20)32-14-15-5-7-17(32)10-15;1-12-9-18(22)27-19(23-12)11-16(24-27)17-5-3-4-8-26(17)20(28)14-10-13(21)6-7-15(14)25-31(2,29)30;1-2-6-3-5(1)4-7-6/h6,8,11-13,15,17,21,30H,2-5,7,9-10,14H2,1H3;6-7,9-11,17,25H,3-5,8H2,1-2H3;5-7H,1-4H2/t15-,17+,21+;17-;5-,6+/m101/s1. The van der Waals surface area contributed by atoms with Gasteiger partial charge in [-0.15, -0.1) is 0 Å². The van der Waals surface area contributed by atoms with Gasteiger partial charge in [-0.05, 0) is 145 Å². The Kier molecular flexibility index (Phi) is 15.5. The molecule has 75 heavy (non-hydrogen) atoms. The Bertz CT molecular complexity index is 3380. The number of nitrogens with zero attached hydrogens (tertiary/aromatic N) is 9. The van der Waals surface area contributed by atoms with Crippen molar-refractivity contribution in [2.45, 2.75) is 108 Å². The highest BCUT2D eigenvalue weighted by atomic mass is 35.5. The number of amides is 2. The summed E-state index contributed by atoms with van der Waals surface area (Å²) in [4.78, 5) is 42.2. The third-order valence-electron chi connectivity index (χ3n) is 15.1. The van der Waals surface area contributed by atoms with Crippen molar-refractivity contribution in [2.24, 2.45) is 11.8 Å². The van der Waals surface area contributed by atoms with Crippen LogP contribution in [0.2, 0.25) is 20.4 Å². The Morgan fingerprint density at radius 2 is 1.20 bits per heavy atom. The molecule has 0 unspecified atom stereocenters. The van der Waals surface area contributed by atoms with Crippen molar-refractivity contribution < 1.29 is 26.4 Å². The van der Waals surface area contributed by atoms with Gasteiger partial charge in [-0.2, -0.15) is 14.7 Å². The van der Waals surface area contributed by atoms with E-state index in [2.05, 4.69) is 34.7 Å². The molecule has 18 nitrogen and oxygen atoms in total. The predicted molar refractivity (Wildman–Crippen MR) is 293 cm³/mol. The van der Waals surface area contributed by atoms with Crippen molar-refractivity contribution in [1.82, 2.24) is 44.3 Å². The summed E-state index contributed by atoms with van der Waals surface area (Å²) in [5, 5.41) is 14.6. The maximum absolute atomic E-state index is 13.8. The van der Waals surface area contributed by atoms with Crippen LogP contribution < -0.4 is 19.7 Å². The molecule has 2 aromatic carbocycles. The molecule has 6 aliphatic rings. The van der Waals surface area contributed by atoms with E-state index < -0.39 is 20.0 Å². The first-order chi connectivity index (χ1) is 35.7. The quantitative estimate of drug-likeness (QED) is 0.116. The SMILES string of the molecule is C1C[C@H]2C[C@@H]1CN2.CS(=O)(=O)Nc1ccc(Cl)cc1C(=O)N1CCCC[C@H]1c1cc2nc(Cl)cc(N3C[C@@H]4CC[C@H]3C4)n2n1.Cc1cc(Cl)n2nc([C@@H]3CCCCN3C(=O)c3cc(Cl)ccc3NS(C)(=O)=O)cc2n1. The number of aryl methyl sites for hydroxylation is 1. The summed E-state index contributed by atoms with van der Waals surface area (Å²) < 4.78 is 55.7. The fourth-order valence-electron chi connectivity index (χ4n) is 11.8. The maximum atomic E-state index is 13.8. The molecule has 4 aliphatic heterocycles. The lowest BCUT2D eigenvalue weighted by molar-refractivity contribution is 0.0600. The normalized spacial score (nSPS) is 23.3. The Morgan fingerprint density at radius 3 is 1.67 bits per heavy atom. The molecule has 400 valence electrons. The van der Waals surface area contributed by atoms with Crippen LogP contribution >= 0.6 is 46.4 Å². The highest BCUT2D eigenvalue weighted by Crippen LogP contribution is 2.42. The van der Waals surface area contributed by atoms with E-state index >= 15 is 0 Å². The van der Waals surface area contributed by atoms with E-state index in [-0.39, 0.29) is 46.4 Å². The van der Waals surface area contributed by atoms with Crippen molar-refractivity contribution in [3.05, 3.63) is 109 Å². The maximum Gasteiger partial charge on any atom is 0.256 e. The highest BCUT2D eigenvalue weighted by molar-refractivity contribution is 7.92. The van der Waals surface area contributed by atoms with Gasteiger partial charge in [0.1, 0.15) is 16.1 Å². The summed E-state index contributed by atoms with van der Waals surface area (Å²) in [5.74, 6) is 2.10. The van der Waals surface area contributed by atoms with Gasteiger partial charge in [-0.25, -0.2) is 31.3 Å². The molecule has 2 aliphatic carbocycles. The smallest absolute Gasteiger partial charge is 0.256 e. The molecular formula is C51H60Cl4N12O6S2. The van der Waals surface area contributed by atoms with Crippen molar-refractivity contribution in [3.8, 4) is 0 Å². The summed E-state index contributed by atoms with van der Waals surface area (Å²) in [7, 11) is -7.16. The van der Waals surface area contributed by atoms with Crippen LogP contribution in [0.25, 0.3) is 11.3 Å². The average molecular weight is 1140 g/mol. The Labute approximate surface area is 456 Å². The molecular weight excluding hydrogens is 1080 g/mol. The van der Waals surface area contributed by atoms with Gasteiger partial charge < -0.3 is 20.0 Å². The van der Waals surface area contributed by atoms with E-state index in [1.807, 2.05) is 29.6 Å². The first-order valence-electron chi connectivity index (χ1n) is 25.5. The number of halogens is 4. The Balaban J connectivity index is 0.000000152. The van der Waals surface area contributed by atoms with Crippen LogP contribution in [-0.2, 0) is 20.0 Å². The summed E-state index contributed by atoms with van der Waals surface area (Å²) >= 11 is 25.1. The molecule has 3 N–H and O–H groups in total. The topological polar surface area (TPSA) is 209 Å². The number of aromatic nitrogens is 6. The van der Waals surface area contributed by atoms with Crippen LogP contribution in [-0.4, -0.2) is 118 Å². The second-order valence-corrected chi connectivity index (χ2v) is 25.9. The van der Waals surface area contributed by atoms with Gasteiger partial charge in [0, 0.05) is 65.7 Å². The number of carbonyl (C=O) groups excluding carboxylic acids is 2. The number of fused-ring (bicyclic) bond motifs is 6. The van der Waals surface area contributed by atoms with Gasteiger partial charge in [0.2, 0.25) is 20.0 Å². The molecule has 4 saturated heterocycles. The van der Waals surface area contributed by atoms with Crippen LogP contribution in [0.15, 0.2) is 60.7 Å². The van der Waals surface area contributed by atoms with Gasteiger partial charge in [0.05, 0.1) is 58.5 Å². The van der Waals surface area contributed by atoms with Crippen LogP contribution in [0.4, 0.5) is 17.2 Å². The monoisotopic (exact) mass is 1140 g/mol. The highest BCUT2D eigenvalue weighted by Gasteiger charge is 2.40. The zero-order chi connectivity index (χ0) is 52.9. The number of sulfonamides is 2. The number of hydrogen-bond donors (Lipinski definition) is 3. The number of nitrogens with one attached hydrogen (secondary N) is 3. The fraction of sp³-hybridized carbons (Fsp3) is 0.490. The third kappa shape index (κ3) is 12.1. The minimum absolute atomic E-state index is 0.191. The molecule has 2 saturated carbocycles. The van der Waals surface area contributed by atoms with Crippen LogP contribution in [0.1, 0.15) is 127 Å². The van der Waals surface area contributed by atoms with Crippen molar-refractivity contribution in [2.75, 3.05) is 53.0 Å². The van der Waals surface area contributed by atoms with Crippen molar-refractivity contribution >= 4 is 107 Å². The number of benzene rings is 2. The molecule has 4 bridgehead atoms. The molecule has 6 atom stereocenters. The van der Waals surface area contributed by atoms with Gasteiger partial charge >= 0.3 is 0 Å². The zero-order valence-corrected chi connectivity index (χ0v) is 46.5. The van der Waals surface area contributed by atoms with E-state index in [9.17, 15) is 26.4 Å². The molecule has 24 heteroatoms. The lowest BCUT2D eigenvalue weighted by Gasteiger charge is -2.35. The van der Waals surface area contributed by atoms with Gasteiger partial charge in [-0.1, -0.05) is 46.4 Å². The van der Waals surface area contributed by atoms with Gasteiger partial charge in [0.15, 0.2) is 11.3 Å². The first-order valence-corrected chi connectivity index (χ1v) is 30.8. The predicted octanol–water partition coefficient (Wildman–Crippen LogP) is 9.61. The molecule has 4 aromatic heterocycles. The molecule has 0 radical (unpaired) electrons. The third-order valence-corrected chi connectivity index (χ3v) is 17.2. The molecule has 0 spiro atoms. The number of carbonyl (C=O) groups is 2. The molecule has 12 rings (SSSR count). The minimum Gasteiger partial charge on any atom is -0.353 e. The summed E-state index contributed by atoms with van der Waals surface area (Å²) in [6, 6.07) is 17.3. The summed E-state index contributed by atoms with van der Waals surface area (Å²) in [5.41, 5.74) is 4.27. The van der Waals surface area contributed by atoms with Crippen LogP contribution in [0, 0.1) is 18.8 Å². The fourth-order valence-corrected chi connectivity index (χ4v) is 13.7. The van der Waals surface area contributed by atoms with E-state index in [4.69, 9.17) is 51.5 Å².